The van der Waals surface area contributed by atoms with Gasteiger partial charge in [-0.25, -0.2) is 0 Å². The Hall–Kier alpha value is -8.58. The number of benzene rings is 7. The molecule has 0 spiro atoms. The molecular formula is C54H21F36N3. The zero-order valence-electron chi connectivity index (χ0n) is 43.6. The second-order valence-electron chi connectivity index (χ2n) is 19.3. The Morgan fingerprint density at radius 1 is 0.118 bits per heavy atom. The van der Waals surface area contributed by atoms with E-state index in [1.165, 1.54) is 0 Å². The third kappa shape index (κ3) is 16.4. The van der Waals surface area contributed by atoms with Gasteiger partial charge in [0.05, 0.1) is 83.8 Å². The van der Waals surface area contributed by atoms with Gasteiger partial charge < -0.3 is 14.7 Å². The monoisotopic (exact) mass is 1400 g/mol. The average molecular weight is 1400 g/mol. The van der Waals surface area contributed by atoms with Crippen molar-refractivity contribution < 1.29 is 158 Å². The summed E-state index contributed by atoms with van der Waals surface area (Å²) < 4.78 is 530. The van der Waals surface area contributed by atoms with Gasteiger partial charge in [0.1, 0.15) is 0 Å². The van der Waals surface area contributed by atoms with Crippen LogP contribution in [0.2, 0.25) is 0 Å². The highest BCUT2D eigenvalue weighted by Gasteiger charge is 2.46. The van der Waals surface area contributed by atoms with Crippen molar-refractivity contribution in [1.82, 2.24) is 0 Å². The number of halogens is 36. The minimum Gasteiger partial charge on any atom is -0.310 e. The molecule has 39 heteroatoms. The highest BCUT2D eigenvalue weighted by molar-refractivity contribution is 5.90. The number of alkyl halides is 36. The molecule has 0 atom stereocenters. The van der Waals surface area contributed by atoms with Crippen LogP contribution in [0.15, 0.2) is 127 Å². The molecule has 504 valence electrons. The number of anilines is 9. The molecule has 0 aliphatic carbocycles. The lowest BCUT2D eigenvalue weighted by Crippen LogP contribution is -2.21. The lowest BCUT2D eigenvalue weighted by atomic mass is 10.0. The average Bonchev–Trinajstić information content (AvgIpc) is 0.752. The smallest absolute Gasteiger partial charge is 0.310 e. The Labute approximate surface area is 491 Å². The van der Waals surface area contributed by atoms with Crippen LogP contribution in [-0.4, -0.2) is 0 Å². The van der Waals surface area contributed by atoms with Crippen LogP contribution in [0.3, 0.4) is 0 Å². The lowest BCUT2D eigenvalue weighted by Gasteiger charge is -2.34. The summed E-state index contributed by atoms with van der Waals surface area (Å²) in [6, 6.07) is -14.6. The fourth-order valence-electron chi connectivity index (χ4n) is 8.71. The zero-order chi connectivity index (χ0) is 70.7. The zero-order valence-corrected chi connectivity index (χ0v) is 43.6. The summed E-state index contributed by atoms with van der Waals surface area (Å²) in [7, 11) is 0. The Balaban J connectivity index is 1.92. The number of hydrogen-bond donors (Lipinski definition) is 0. The van der Waals surface area contributed by atoms with Crippen molar-refractivity contribution in [2.45, 2.75) is 74.1 Å². The number of nitrogens with zero attached hydrogens (tertiary/aromatic N) is 3. The second-order valence-corrected chi connectivity index (χ2v) is 19.3. The van der Waals surface area contributed by atoms with E-state index in [2.05, 4.69) is 0 Å². The van der Waals surface area contributed by atoms with E-state index in [0.717, 1.165) is 0 Å². The van der Waals surface area contributed by atoms with Crippen molar-refractivity contribution >= 4 is 51.2 Å². The minimum atomic E-state index is -6.24. The van der Waals surface area contributed by atoms with Gasteiger partial charge >= 0.3 is 74.1 Å². The van der Waals surface area contributed by atoms with E-state index < -0.39 is 334 Å². The van der Waals surface area contributed by atoms with E-state index in [4.69, 9.17) is 0 Å². The standard InChI is InChI=1S/C54H21F36N3/c55-43(56,57)22-1-23(44(58,59)60)8-34(7-22)91(35-9-24(45(61,62)63)2-25(10-35)46(64,65)66)40-19-41(92(36-11-26(47(67,68)69)3-27(12-36)48(70,71)72)37-13-28(49(73,74)75)4-29(14-37)50(76,77)78)21-42(20-40)93(38-15-30(51(79,80)81)5-31(16-38)52(82,83)84)39-17-32(53(85,86)87)6-33(18-39)54(88,89)90/h1-21H. The van der Waals surface area contributed by atoms with Gasteiger partial charge in [0, 0.05) is 34.1 Å². The SMILES string of the molecule is FC(F)(F)c1cc(N(c2cc(N(c3cc(C(F)(F)F)cc(C(F)(F)F)c3)c3cc(C(F)(F)F)cc(C(F)(F)F)c3)cc(N(c3cc(C(F)(F)F)cc(C(F)(F)F)c3)c3cc(C(F)(F)F)cc(C(F)(F)F)c3)c2)c2cc(C(F)(F)F)cc(C(F)(F)F)c2)cc(C(F)(F)F)c1. The molecule has 0 heterocycles. The highest BCUT2D eigenvalue weighted by atomic mass is 19.5. The Kier molecular flexibility index (Phi) is 17.9. The molecule has 0 bridgehead atoms. The van der Waals surface area contributed by atoms with Crippen LogP contribution in [0.1, 0.15) is 66.8 Å². The van der Waals surface area contributed by atoms with Crippen molar-refractivity contribution in [2.75, 3.05) is 14.7 Å². The normalized spacial score (nSPS) is 13.8. The topological polar surface area (TPSA) is 9.72 Å². The fraction of sp³-hybridized carbons (Fsp3) is 0.222. The molecular weight excluding hydrogens is 1370 g/mol. The predicted molar refractivity (Wildman–Crippen MR) is 251 cm³/mol. The van der Waals surface area contributed by atoms with Gasteiger partial charge in [-0.05, 0) is 127 Å². The molecule has 0 aromatic heterocycles. The molecule has 0 N–H and O–H groups in total. The van der Waals surface area contributed by atoms with E-state index in [-0.39, 0.29) is 0 Å². The lowest BCUT2D eigenvalue weighted by molar-refractivity contribution is -0.144. The van der Waals surface area contributed by atoms with Crippen molar-refractivity contribution in [2.24, 2.45) is 0 Å². The molecule has 7 rings (SSSR count). The molecule has 0 saturated carbocycles. The van der Waals surface area contributed by atoms with Gasteiger partial charge in [-0.15, -0.1) is 0 Å². The van der Waals surface area contributed by atoms with Crippen molar-refractivity contribution in [3.05, 3.63) is 194 Å². The molecule has 0 radical (unpaired) electrons. The van der Waals surface area contributed by atoms with E-state index in [1.807, 2.05) is 0 Å². The van der Waals surface area contributed by atoms with Gasteiger partial charge in [-0.2, -0.15) is 158 Å². The summed E-state index contributed by atoms with van der Waals surface area (Å²) in [5, 5.41) is 0. The van der Waals surface area contributed by atoms with Crippen LogP contribution in [0.4, 0.5) is 209 Å². The third-order valence-corrected chi connectivity index (χ3v) is 12.6. The summed E-state index contributed by atoms with van der Waals surface area (Å²) in [6.45, 7) is 0. The Morgan fingerprint density at radius 2 is 0.194 bits per heavy atom. The molecule has 0 aliphatic heterocycles. The molecule has 3 nitrogen and oxygen atoms in total. The van der Waals surface area contributed by atoms with Crippen molar-refractivity contribution in [3.8, 4) is 0 Å². The first-order valence-corrected chi connectivity index (χ1v) is 23.9. The largest absolute Gasteiger partial charge is 0.416 e. The van der Waals surface area contributed by atoms with Crippen LogP contribution < -0.4 is 14.7 Å². The van der Waals surface area contributed by atoms with E-state index in [9.17, 15) is 158 Å². The van der Waals surface area contributed by atoms with Crippen molar-refractivity contribution in [3.63, 3.8) is 0 Å². The van der Waals surface area contributed by atoms with Crippen LogP contribution in [-0.2, 0) is 74.1 Å². The molecule has 0 fully saturated rings. The number of hydrogen-bond acceptors (Lipinski definition) is 3. The highest BCUT2D eigenvalue weighted by Crippen LogP contribution is 2.54. The molecule has 7 aromatic rings. The van der Waals surface area contributed by atoms with Crippen LogP contribution in [0, 0.1) is 0 Å². The maximum Gasteiger partial charge on any atom is 0.416 e. The maximum absolute atomic E-state index is 14.7. The third-order valence-electron chi connectivity index (χ3n) is 12.6. The Morgan fingerprint density at radius 3 is 0.269 bits per heavy atom. The summed E-state index contributed by atoms with van der Waals surface area (Å²) >= 11 is 0. The molecule has 0 unspecified atom stereocenters. The van der Waals surface area contributed by atoms with Gasteiger partial charge in [0.2, 0.25) is 0 Å². The van der Waals surface area contributed by atoms with E-state index in [1.54, 1.807) is 0 Å². The molecule has 93 heavy (non-hydrogen) atoms. The number of rotatable bonds is 9. The summed E-state index contributed by atoms with van der Waals surface area (Å²) in [6.07, 6.45) is -74.9. The minimum absolute atomic E-state index is 0.426. The fourth-order valence-corrected chi connectivity index (χ4v) is 8.71. The Bertz CT molecular complexity index is 3100. The summed E-state index contributed by atoms with van der Waals surface area (Å²) in [5.41, 5.74) is -52.4. The first-order chi connectivity index (χ1) is 41.6. The molecule has 7 aromatic carbocycles. The maximum atomic E-state index is 14.7. The van der Waals surface area contributed by atoms with Gasteiger partial charge in [0.15, 0.2) is 0 Å². The second kappa shape index (κ2) is 23.2. The quantitative estimate of drug-likeness (QED) is 0.133. The first-order valence-electron chi connectivity index (χ1n) is 23.9. The van der Waals surface area contributed by atoms with Gasteiger partial charge in [-0.1, -0.05) is 0 Å². The molecule has 0 amide bonds. The van der Waals surface area contributed by atoms with E-state index in [0.29, 0.717) is 0 Å². The van der Waals surface area contributed by atoms with Gasteiger partial charge in [-0.3, -0.25) is 0 Å². The summed E-state index contributed by atoms with van der Waals surface area (Å²) in [4.78, 5) is -2.38. The van der Waals surface area contributed by atoms with Crippen molar-refractivity contribution in [1.29, 1.82) is 0 Å². The van der Waals surface area contributed by atoms with E-state index >= 15 is 0 Å². The van der Waals surface area contributed by atoms with Gasteiger partial charge in [0.25, 0.3) is 0 Å². The first kappa shape index (κ1) is 71.9. The van der Waals surface area contributed by atoms with Crippen LogP contribution in [0.25, 0.3) is 0 Å². The van der Waals surface area contributed by atoms with Crippen LogP contribution in [0.5, 0.6) is 0 Å². The predicted octanol–water partition coefficient (Wildman–Crippen LogP) is 24.3. The van der Waals surface area contributed by atoms with Crippen LogP contribution >= 0.6 is 0 Å². The molecule has 0 aliphatic rings. The molecule has 0 saturated heterocycles. The summed E-state index contributed by atoms with van der Waals surface area (Å²) in [5.74, 6) is 0.